The summed E-state index contributed by atoms with van der Waals surface area (Å²) in [7, 11) is 0. The summed E-state index contributed by atoms with van der Waals surface area (Å²) in [5.74, 6) is 2.31. The van der Waals surface area contributed by atoms with Gasteiger partial charge in [-0.25, -0.2) is 0 Å². The molecule has 0 N–H and O–H groups in total. The Morgan fingerprint density at radius 3 is 2.35 bits per heavy atom. The van der Waals surface area contributed by atoms with Crippen LogP contribution < -0.4 is 0 Å². The molecule has 0 unspecified atom stereocenters. The SMILES string of the molecule is Cc1nc(Cc2noc(C3(c4ccc(Cl)cc4)CCC3)n2)no1. The van der Waals surface area contributed by atoms with Gasteiger partial charge in [0.25, 0.3) is 0 Å². The highest BCUT2D eigenvalue weighted by molar-refractivity contribution is 6.30. The van der Waals surface area contributed by atoms with Crippen LogP contribution in [0.3, 0.4) is 0 Å². The zero-order chi connectivity index (χ0) is 15.9. The van der Waals surface area contributed by atoms with Gasteiger partial charge in [0.05, 0.1) is 11.8 Å². The standard InChI is InChI=1S/C16H15ClN4O2/c1-10-18-13(20-22-10)9-14-19-15(23-21-14)16(7-2-8-16)11-3-5-12(17)6-4-11/h3-6H,2,7-9H2,1H3. The average molecular weight is 331 g/mol. The first-order valence-corrected chi connectivity index (χ1v) is 7.92. The van der Waals surface area contributed by atoms with Gasteiger partial charge in [0.2, 0.25) is 11.8 Å². The Balaban J connectivity index is 1.62. The van der Waals surface area contributed by atoms with Crippen molar-refractivity contribution < 1.29 is 9.05 Å². The minimum atomic E-state index is -0.191. The Hall–Kier alpha value is -2.21. The number of nitrogens with zero attached hydrogens (tertiary/aromatic N) is 4. The zero-order valence-corrected chi connectivity index (χ0v) is 13.4. The first-order chi connectivity index (χ1) is 11.2. The van der Waals surface area contributed by atoms with E-state index >= 15 is 0 Å². The van der Waals surface area contributed by atoms with Gasteiger partial charge in [0.1, 0.15) is 0 Å². The van der Waals surface area contributed by atoms with Gasteiger partial charge in [-0.2, -0.15) is 9.97 Å². The molecule has 0 aliphatic heterocycles. The van der Waals surface area contributed by atoms with Crippen LogP contribution in [0.25, 0.3) is 0 Å². The fourth-order valence-electron chi connectivity index (χ4n) is 3.00. The smallest absolute Gasteiger partial charge is 0.237 e. The minimum Gasteiger partial charge on any atom is -0.340 e. The fraction of sp³-hybridized carbons (Fsp3) is 0.375. The van der Waals surface area contributed by atoms with Crippen molar-refractivity contribution >= 4 is 11.6 Å². The Morgan fingerprint density at radius 1 is 1.04 bits per heavy atom. The third kappa shape index (κ3) is 2.53. The van der Waals surface area contributed by atoms with E-state index in [-0.39, 0.29) is 5.41 Å². The molecule has 4 rings (SSSR count). The normalized spacial score (nSPS) is 16.3. The Bertz CT molecular complexity index is 821. The second kappa shape index (κ2) is 5.45. The monoisotopic (exact) mass is 330 g/mol. The Kier molecular flexibility index (Phi) is 3.41. The second-order valence-electron chi connectivity index (χ2n) is 5.86. The molecule has 0 atom stereocenters. The van der Waals surface area contributed by atoms with Crippen LogP contribution in [-0.4, -0.2) is 20.3 Å². The van der Waals surface area contributed by atoms with Crippen LogP contribution in [0.1, 0.15) is 48.3 Å². The van der Waals surface area contributed by atoms with Crippen LogP contribution in [0, 0.1) is 6.92 Å². The van der Waals surface area contributed by atoms with Crippen molar-refractivity contribution in [2.75, 3.05) is 0 Å². The third-order valence-electron chi connectivity index (χ3n) is 4.37. The summed E-state index contributed by atoms with van der Waals surface area (Å²) in [4.78, 5) is 8.74. The summed E-state index contributed by atoms with van der Waals surface area (Å²) in [6, 6.07) is 7.87. The summed E-state index contributed by atoms with van der Waals surface area (Å²) in [5.41, 5.74) is 0.974. The fourth-order valence-corrected chi connectivity index (χ4v) is 3.13. The lowest BCUT2D eigenvalue weighted by molar-refractivity contribution is 0.216. The highest BCUT2D eigenvalue weighted by Gasteiger charge is 2.45. The number of aromatic nitrogens is 4. The molecule has 1 aliphatic rings. The van der Waals surface area contributed by atoms with Crippen LogP contribution in [0.4, 0.5) is 0 Å². The highest BCUT2D eigenvalue weighted by atomic mass is 35.5. The van der Waals surface area contributed by atoms with E-state index in [1.807, 2.05) is 24.3 Å². The Morgan fingerprint density at radius 2 is 1.74 bits per heavy atom. The maximum Gasteiger partial charge on any atom is 0.237 e. The van der Waals surface area contributed by atoms with Crippen LogP contribution in [0.5, 0.6) is 0 Å². The molecule has 0 amide bonds. The molecular weight excluding hydrogens is 316 g/mol. The summed E-state index contributed by atoms with van der Waals surface area (Å²) < 4.78 is 10.5. The van der Waals surface area contributed by atoms with Crippen molar-refractivity contribution in [3.8, 4) is 0 Å². The van der Waals surface area contributed by atoms with Crippen molar-refractivity contribution in [3.63, 3.8) is 0 Å². The molecule has 0 saturated heterocycles. The number of rotatable bonds is 4. The van der Waals surface area contributed by atoms with E-state index in [9.17, 15) is 0 Å². The lowest BCUT2D eigenvalue weighted by Crippen LogP contribution is -2.35. The first-order valence-electron chi connectivity index (χ1n) is 7.54. The molecule has 2 heterocycles. The van der Waals surface area contributed by atoms with Gasteiger partial charge >= 0.3 is 0 Å². The largest absolute Gasteiger partial charge is 0.340 e. The molecule has 2 aromatic heterocycles. The number of hydrogen-bond acceptors (Lipinski definition) is 6. The summed E-state index contributed by atoms with van der Waals surface area (Å²) in [5, 5.41) is 8.66. The first kappa shape index (κ1) is 14.4. The third-order valence-corrected chi connectivity index (χ3v) is 4.62. The van der Waals surface area contributed by atoms with Crippen molar-refractivity contribution in [2.45, 2.75) is 38.0 Å². The van der Waals surface area contributed by atoms with E-state index in [2.05, 4.69) is 20.3 Å². The van der Waals surface area contributed by atoms with Crippen LogP contribution in [-0.2, 0) is 11.8 Å². The average Bonchev–Trinajstić information content (AvgIpc) is 3.10. The van der Waals surface area contributed by atoms with Crippen LogP contribution >= 0.6 is 11.6 Å². The van der Waals surface area contributed by atoms with E-state index in [4.69, 9.17) is 20.6 Å². The number of benzene rings is 1. The van der Waals surface area contributed by atoms with Gasteiger partial charge in [-0.1, -0.05) is 40.5 Å². The number of hydrogen-bond donors (Lipinski definition) is 0. The van der Waals surface area contributed by atoms with Crippen molar-refractivity contribution in [1.29, 1.82) is 0 Å². The molecule has 1 aromatic carbocycles. The predicted octanol–water partition coefficient (Wildman–Crippen LogP) is 3.48. The van der Waals surface area contributed by atoms with E-state index in [1.165, 1.54) is 5.56 Å². The molecule has 0 bridgehead atoms. The molecule has 1 saturated carbocycles. The second-order valence-corrected chi connectivity index (χ2v) is 6.30. The summed E-state index contributed by atoms with van der Waals surface area (Å²) in [6.45, 7) is 1.75. The van der Waals surface area contributed by atoms with Gasteiger partial charge in [-0.3, -0.25) is 0 Å². The van der Waals surface area contributed by atoms with E-state index in [1.54, 1.807) is 6.92 Å². The molecule has 7 heteroatoms. The van der Waals surface area contributed by atoms with Crippen molar-refractivity contribution in [3.05, 3.63) is 58.3 Å². The van der Waals surface area contributed by atoms with Crippen LogP contribution in [0.15, 0.2) is 33.3 Å². The molecule has 0 radical (unpaired) electrons. The van der Waals surface area contributed by atoms with Gasteiger partial charge in [-0.15, -0.1) is 0 Å². The molecule has 23 heavy (non-hydrogen) atoms. The lowest BCUT2D eigenvalue weighted by atomic mass is 9.64. The van der Waals surface area contributed by atoms with Gasteiger partial charge in [0.15, 0.2) is 11.6 Å². The summed E-state index contributed by atoms with van der Waals surface area (Å²) >= 11 is 5.99. The quantitative estimate of drug-likeness (QED) is 0.728. The maximum absolute atomic E-state index is 5.99. The number of aryl methyl sites for hydroxylation is 1. The molecule has 1 fully saturated rings. The van der Waals surface area contributed by atoms with E-state index in [0.29, 0.717) is 29.9 Å². The van der Waals surface area contributed by atoms with Gasteiger partial charge in [0, 0.05) is 11.9 Å². The number of halogens is 1. The van der Waals surface area contributed by atoms with Gasteiger partial charge < -0.3 is 9.05 Å². The van der Waals surface area contributed by atoms with Crippen molar-refractivity contribution in [1.82, 2.24) is 20.3 Å². The Labute approximate surface area is 137 Å². The highest BCUT2D eigenvalue weighted by Crippen LogP contribution is 2.48. The molecule has 3 aromatic rings. The molecule has 6 nitrogen and oxygen atoms in total. The molecular formula is C16H15ClN4O2. The zero-order valence-electron chi connectivity index (χ0n) is 12.6. The van der Waals surface area contributed by atoms with Crippen LogP contribution in [0.2, 0.25) is 5.02 Å². The summed E-state index contributed by atoms with van der Waals surface area (Å²) in [6.07, 6.45) is 3.54. The topological polar surface area (TPSA) is 77.8 Å². The predicted molar refractivity (Wildman–Crippen MR) is 82.2 cm³/mol. The molecule has 0 spiro atoms. The van der Waals surface area contributed by atoms with E-state index < -0.39 is 0 Å². The molecule has 118 valence electrons. The van der Waals surface area contributed by atoms with E-state index in [0.717, 1.165) is 24.3 Å². The maximum atomic E-state index is 5.99. The van der Waals surface area contributed by atoms with Crippen molar-refractivity contribution in [2.24, 2.45) is 0 Å². The van der Waals surface area contributed by atoms with Gasteiger partial charge in [-0.05, 0) is 30.5 Å². The lowest BCUT2D eigenvalue weighted by Gasteiger charge is -2.38. The minimum absolute atomic E-state index is 0.191. The molecule has 1 aliphatic carbocycles.